The number of hydrogen-bond acceptors (Lipinski definition) is 1. The first-order chi connectivity index (χ1) is 3.41. The lowest BCUT2D eigenvalue weighted by Gasteiger charge is -1.79. The molecule has 0 amide bonds. The summed E-state index contributed by atoms with van der Waals surface area (Å²) in [5, 5.41) is 16.3. The Labute approximate surface area is 44.8 Å². The van der Waals surface area contributed by atoms with Gasteiger partial charge in [-0.3, -0.25) is 0 Å². The first kappa shape index (κ1) is 10.0. The average molecular weight is 104 g/mol. The van der Waals surface area contributed by atoms with Gasteiger partial charge in [-0.05, 0) is 6.42 Å². The van der Waals surface area contributed by atoms with E-state index in [1.807, 2.05) is 0 Å². The second kappa shape index (κ2) is 16.8. The zero-order chi connectivity index (χ0) is 6.12. The second-order valence-corrected chi connectivity index (χ2v) is 0.931. The Hall–Kier alpha value is -0.0800. The molecule has 2 nitrogen and oxygen atoms in total. The third-order valence-corrected chi connectivity index (χ3v) is 0.408. The number of hydrogen-bond donors (Lipinski definition) is 1. The van der Waals surface area contributed by atoms with Crippen molar-refractivity contribution >= 4 is 0 Å². The Morgan fingerprint density at radius 2 is 2.00 bits per heavy atom. The molecule has 44 valence electrons. The van der Waals surface area contributed by atoms with Gasteiger partial charge in [0.1, 0.15) is 0 Å². The number of aliphatic hydroxyl groups is 1. The maximum absolute atomic E-state index is 8.25. The Kier molecular flexibility index (Phi) is 24.1. The second-order valence-electron chi connectivity index (χ2n) is 0.931. The van der Waals surface area contributed by atoms with Crippen molar-refractivity contribution in [1.82, 2.24) is 0 Å². The van der Waals surface area contributed by atoms with E-state index in [-0.39, 0.29) is 6.61 Å². The number of aliphatic hydroxyl groups excluding tert-OH is 1. The molecule has 0 fully saturated rings. The smallest absolute Gasteiger partial charge is 0.0712 e. The quantitative estimate of drug-likeness (QED) is 0.548. The lowest BCUT2D eigenvalue weighted by molar-refractivity contribution is 0.282. The van der Waals surface area contributed by atoms with Crippen LogP contribution in [-0.4, -0.2) is 18.8 Å². The van der Waals surface area contributed by atoms with Crippen LogP contribution in [0.25, 0.3) is 0 Å². The first-order valence-corrected chi connectivity index (χ1v) is 2.22. The van der Waals surface area contributed by atoms with Crippen molar-refractivity contribution in [2.24, 2.45) is 0 Å². The van der Waals surface area contributed by atoms with Gasteiger partial charge in [-0.15, -0.1) is 0 Å². The normalized spacial score (nSPS) is 6.86. The fourth-order valence-electron chi connectivity index (χ4n) is 0.112. The number of rotatable bonds is 2. The van der Waals surface area contributed by atoms with Crippen LogP contribution in [0.3, 0.4) is 0 Å². The zero-order valence-corrected chi connectivity index (χ0v) is 4.68. The highest BCUT2D eigenvalue weighted by atomic mass is 16.3. The highest BCUT2D eigenvalue weighted by Crippen LogP contribution is 1.78. The summed E-state index contributed by atoms with van der Waals surface area (Å²) in [7, 11) is 0.750. The molecular formula is C5H12O2. The summed E-state index contributed by atoms with van der Waals surface area (Å²) in [6.07, 6.45) is 1.68. The van der Waals surface area contributed by atoms with Gasteiger partial charge in [-0.25, -0.2) is 5.11 Å². The third kappa shape index (κ3) is 24.7. The van der Waals surface area contributed by atoms with Gasteiger partial charge in [0.25, 0.3) is 0 Å². The van der Waals surface area contributed by atoms with E-state index in [0.29, 0.717) is 0 Å². The lowest BCUT2D eigenvalue weighted by Crippen LogP contribution is -1.75. The van der Waals surface area contributed by atoms with Crippen LogP contribution in [0.4, 0.5) is 0 Å². The summed E-state index contributed by atoms with van der Waals surface area (Å²) in [6.45, 7) is 3.80. The van der Waals surface area contributed by atoms with Crippen molar-refractivity contribution in [3.8, 4) is 0 Å². The van der Waals surface area contributed by atoms with Crippen molar-refractivity contribution in [2.75, 3.05) is 13.7 Å². The summed E-state index contributed by atoms with van der Waals surface area (Å²) >= 11 is 0. The van der Waals surface area contributed by atoms with E-state index in [4.69, 9.17) is 10.2 Å². The van der Waals surface area contributed by atoms with E-state index in [0.717, 1.165) is 20.0 Å². The summed E-state index contributed by atoms with van der Waals surface area (Å²) < 4.78 is 0. The molecule has 1 N–H and O–H groups in total. The minimum absolute atomic E-state index is 0.281. The van der Waals surface area contributed by atoms with Crippen LogP contribution in [0.5, 0.6) is 0 Å². The molecule has 2 radical (unpaired) electrons. The molecule has 0 aromatic carbocycles. The molecule has 0 aliphatic rings. The van der Waals surface area contributed by atoms with E-state index in [1.54, 1.807) is 0 Å². The Morgan fingerprint density at radius 3 is 2.00 bits per heavy atom. The summed E-state index contributed by atoms with van der Waals surface area (Å²) in [5.74, 6) is 0. The Morgan fingerprint density at radius 1 is 1.57 bits per heavy atom. The van der Waals surface area contributed by atoms with Crippen molar-refractivity contribution in [1.29, 1.82) is 0 Å². The van der Waals surface area contributed by atoms with E-state index in [9.17, 15) is 0 Å². The molecule has 7 heavy (non-hydrogen) atoms. The van der Waals surface area contributed by atoms with Crippen molar-refractivity contribution < 1.29 is 10.2 Å². The highest BCUT2D eigenvalue weighted by Gasteiger charge is 1.69. The maximum atomic E-state index is 8.25. The van der Waals surface area contributed by atoms with E-state index in [2.05, 4.69) is 6.92 Å². The molecule has 0 aromatic heterocycles. The van der Waals surface area contributed by atoms with Crippen LogP contribution in [0.2, 0.25) is 0 Å². The minimum Gasteiger partial charge on any atom is -0.396 e. The highest BCUT2D eigenvalue weighted by molar-refractivity contribution is 4.34. The molecule has 0 bridgehead atoms. The van der Waals surface area contributed by atoms with Crippen molar-refractivity contribution in [2.45, 2.75) is 12.8 Å². The largest absolute Gasteiger partial charge is 0.396 e. The van der Waals surface area contributed by atoms with Gasteiger partial charge in [-0.1, -0.05) is 13.3 Å². The molecule has 0 aliphatic heterocycles. The SMILES string of the molecule is C[O].[CH2]CCCO. The molecule has 0 atom stereocenters. The van der Waals surface area contributed by atoms with Crippen LogP contribution >= 0.6 is 0 Å². The van der Waals surface area contributed by atoms with E-state index < -0.39 is 0 Å². The molecule has 0 unspecified atom stereocenters. The van der Waals surface area contributed by atoms with Crippen LogP contribution < -0.4 is 0 Å². The average Bonchev–Trinajstić information content (AvgIpc) is 1.75. The molecule has 0 spiro atoms. The molecule has 0 heterocycles. The van der Waals surface area contributed by atoms with Gasteiger partial charge in [0, 0.05) is 6.61 Å². The van der Waals surface area contributed by atoms with E-state index >= 15 is 0 Å². The standard InChI is InChI=1S/C4H9O.CH3O/c1-2-3-4-5;1-2/h5H,1-4H2;1H3. The van der Waals surface area contributed by atoms with Crippen molar-refractivity contribution in [3.05, 3.63) is 6.92 Å². The minimum atomic E-state index is 0.281. The van der Waals surface area contributed by atoms with Crippen LogP contribution in [0, 0.1) is 6.92 Å². The summed E-state index contributed by atoms with van der Waals surface area (Å²) in [5.41, 5.74) is 0. The topological polar surface area (TPSA) is 40.1 Å². The van der Waals surface area contributed by atoms with Gasteiger partial charge in [0.15, 0.2) is 0 Å². The molecule has 0 aromatic rings. The maximum Gasteiger partial charge on any atom is 0.0712 e. The van der Waals surface area contributed by atoms with Gasteiger partial charge in [0.2, 0.25) is 0 Å². The molecule has 0 saturated heterocycles. The van der Waals surface area contributed by atoms with Gasteiger partial charge >= 0.3 is 0 Å². The zero-order valence-electron chi connectivity index (χ0n) is 4.68. The summed E-state index contributed by atoms with van der Waals surface area (Å²) in [6, 6.07) is 0. The van der Waals surface area contributed by atoms with Crippen LogP contribution in [0.15, 0.2) is 0 Å². The predicted molar refractivity (Wildman–Crippen MR) is 28.3 cm³/mol. The fraction of sp³-hybridized carbons (Fsp3) is 0.800. The van der Waals surface area contributed by atoms with Gasteiger partial charge in [0.05, 0.1) is 7.11 Å². The Bertz CT molecular complexity index is 13.6. The van der Waals surface area contributed by atoms with E-state index in [1.165, 1.54) is 0 Å². The summed E-state index contributed by atoms with van der Waals surface area (Å²) in [4.78, 5) is 0. The molecule has 0 aliphatic carbocycles. The molecule has 0 rings (SSSR count). The molecule has 0 saturated carbocycles. The molecular weight excluding hydrogens is 92.1 g/mol. The Balaban J connectivity index is 0. The van der Waals surface area contributed by atoms with Gasteiger partial charge < -0.3 is 5.11 Å². The van der Waals surface area contributed by atoms with Crippen LogP contribution in [-0.2, 0) is 5.11 Å². The van der Waals surface area contributed by atoms with Crippen LogP contribution in [0.1, 0.15) is 12.8 Å². The fourth-order valence-corrected chi connectivity index (χ4v) is 0.112. The third-order valence-electron chi connectivity index (χ3n) is 0.408. The number of unbranched alkanes of at least 4 members (excludes halogenated alkanes) is 1. The van der Waals surface area contributed by atoms with Gasteiger partial charge in [-0.2, -0.15) is 0 Å². The predicted octanol–water partition coefficient (Wildman–Crippen LogP) is 0.640. The first-order valence-electron chi connectivity index (χ1n) is 2.22. The monoisotopic (exact) mass is 104 g/mol. The van der Waals surface area contributed by atoms with Crippen molar-refractivity contribution in [3.63, 3.8) is 0 Å². The lowest BCUT2D eigenvalue weighted by atomic mass is 10.4. The molecule has 2 heteroatoms.